The first-order valence-electron chi connectivity index (χ1n) is 7.60. The highest BCUT2D eigenvalue weighted by Crippen LogP contribution is 2.22. The highest BCUT2D eigenvalue weighted by molar-refractivity contribution is 5.95. The summed E-state index contributed by atoms with van der Waals surface area (Å²) in [5, 5.41) is 3.20. The Morgan fingerprint density at radius 2 is 1.95 bits per heavy atom. The van der Waals surface area contributed by atoms with Crippen molar-refractivity contribution in [2.75, 3.05) is 23.3 Å². The Kier molecular flexibility index (Phi) is 4.04. The summed E-state index contributed by atoms with van der Waals surface area (Å²) in [5.41, 5.74) is 2.44. The molecule has 1 N–H and O–H groups in total. The van der Waals surface area contributed by atoms with Gasteiger partial charge in [0, 0.05) is 36.1 Å². The number of rotatable bonds is 4. The van der Waals surface area contributed by atoms with Crippen molar-refractivity contribution in [3.8, 4) is 0 Å². The second-order valence-corrected chi connectivity index (χ2v) is 5.65. The van der Waals surface area contributed by atoms with E-state index in [2.05, 4.69) is 20.2 Å². The monoisotopic (exact) mass is 296 g/mol. The highest BCUT2D eigenvalue weighted by atomic mass is 16.1. The number of hydrogen-bond donors (Lipinski definition) is 1. The van der Waals surface area contributed by atoms with Gasteiger partial charge in [-0.05, 0) is 38.8 Å². The van der Waals surface area contributed by atoms with Crippen molar-refractivity contribution in [1.29, 1.82) is 0 Å². The Morgan fingerprint density at radius 1 is 1.18 bits per heavy atom. The topological polar surface area (TPSA) is 58.1 Å². The van der Waals surface area contributed by atoms with Crippen LogP contribution in [0.25, 0.3) is 0 Å². The van der Waals surface area contributed by atoms with Crippen LogP contribution in [0.1, 0.15) is 35.8 Å². The molecule has 5 nitrogen and oxygen atoms in total. The summed E-state index contributed by atoms with van der Waals surface area (Å²) in [6.07, 6.45) is 2.43. The number of carbonyl (C=O) groups excluding carboxylic acids is 1. The van der Waals surface area contributed by atoms with E-state index < -0.39 is 0 Å². The van der Waals surface area contributed by atoms with Crippen molar-refractivity contribution in [1.82, 2.24) is 9.97 Å². The van der Waals surface area contributed by atoms with Crippen molar-refractivity contribution >= 4 is 23.2 Å². The fourth-order valence-electron chi connectivity index (χ4n) is 2.66. The van der Waals surface area contributed by atoms with E-state index in [1.165, 1.54) is 12.8 Å². The number of ketones is 1. The first-order chi connectivity index (χ1) is 10.6. The molecule has 1 aliphatic rings. The van der Waals surface area contributed by atoms with Crippen molar-refractivity contribution in [2.45, 2.75) is 26.7 Å². The second-order valence-electron chi connectivity index (χ2n) is 5.65. The summed E-state index contributed by atoms with van der Waals surface area (Å²) in [4.78, 5) is 22.8. The highest BCUT2D eigenvalue weighted by Gasteiger charge is 2.15. The quantitative estimate of drug-likeness (QED) is 0.877. The lowest BCUT2D eigenvalue weighted by Gasteiger charge is -2.17. The van der Waals surface area contributed by atoms with Crippen molar-refractivity contribution < 1.29 is 4.79 Å². The van der Waals surface area contributed by atoms with Crippen LogP contribution in [0.2, 0.25) is 0 Å². The fourth-order valence-corrected chi connectivity index (χ4v) is 2.66. The maximum Gasteiger partial charge on any atom is 0.229 e. The zero-order valence-corrected chi connectivity index (χ0v) is 13.0. The third-order valence-corrected chi connectivity index (χ3v) is 3.80. The number of nitrogens with zero attached hydrogens (tertiary/aromatic N) is 3. The van der Waals surface area contributed by atoms with Gasteiger partial charge >= 0.3 is 0 Å². The first kappa shape index (κ1) is 14.5. The Labute approximate surface area is 130 Å². The number of hydrogen-bond acceptors (Lipinski definition) is 5. The molecule has 3 rings (SSSR count). The van der Waals surface area contributed by atoms with E-state index >= 15 is 0 Å². The molecule has 0 radical (unpaired) electrons. The van der Waals surface area contributed by atoms with Gasteiger partial charge in [0.05, 0.1) is 0 Å². The minimum absolute atomic E-state index is 0.0477. The molecule has 0 spiro atoms. The average molecular weight is 296 g/mol. The molecule has 1 aromatic carbocycles. The Bertz CT molecular complexity index is 693. The molecule has 1 aromatic heterocycles. The van der Waals surface area contributed by atoms with Gasteiger partial charge in [-0.1, -0.05) is 12.1 Å². The van der Waals surface area contributed by atoms with Crippen LogP contribution in [-0.2, 0) is 0 Å². The van der Waals surface area contributed by atoms with Gasteiger partial charge in [0.2, 0.25) is 5.95 Å². The van der Waals surface area contributed by atoms with Crippen LogP contribution < -0.4 is 10.2 Å². The smallest absolute Gasteiger partial charge is 0.229 e. The molecule has 1 saturated heterocycles. The number of anilines is 3. The SMILES string of the molecule is CC(=O)c1cccc(Nc2nc(C)cc(N3CCCC3)n2)c1. The van der Waals surface area contributed by atoms with Crippen molar-refractivity contribution in [3.63, 3.8) is 0 Å². The van der Waals surface area contributed by atoms with Gasteiger partial charge in [-0.2, -0.15) is 4.98 Å². The van der Waals surface area contributed by atoms with Crippen molar-refractivity contribution in [2.24, 2.45) is 0 Å². The fraction of sp³-hybridized carbons (Fsp3) is 0.353. The van der Waals surface area contributed by atoms with Crippen LogP contribution >= 0.6 is 0 Å². The average Bonchev–Trinajstić information content (AvgIpc) is 3.01. The molecule has 0 saturated carbocycles. The van der Waals surface area contributed by atoms with Crippen LogP contribution in [0, 0.1) is 6.92 Å². The van der Waals surface area contributed by atoms with Crippen LogP contribution in [0.3, 0.4) is 0 Å². The molecular weight excluding hydrogens is 276 g/mol. The third kappa shape index (κ3) is 3.24. The second kappa shape index (κ2) is 6.13. The molecule has 0 atom stereocenters. The maximum atomic E-state index is 11.5. The normalized spacial score (nSPS) is 14.2. The Morgan fingerprint density at radius 3 is 2.68 bits per heavy atom. The summed E-state index contributed by atoms with van der Waals surface area (Å²) < 4.78 is 0. The number of nitrogens with one attached hydrogen (secondary N) is 1. The lowest BCUT2D eigenvalue weighted by atomic mass is 10.1. The molecule has 5 heteroatoms. The zero-order valence-electron chi connectivity index (χ0n) is 13.0. The summed E-state index contributed by atoms with van der Waals surface area (Å²) in [6.45, 7) is 5.64. The first-order valence-corrected chi connectivity index (χ1v) is 7.60. The van der Waals surface area contributed by atoms with E-state index in [0.717, 1.165) is 30.3 Å². The largest absolute Gasteiger partial charge is 0.356 e. The van der Waals surface area contributed by atoms with E-state index in [4.69, 9.17) is 0 Å². The van der Waals surface area contributed by atoms with E-state index in [9.17, 15) is 4.79 Å². The van der Waals surface area contributed by atoms with E-state index in [1.807, 2.05) is 31.2 Å². The summed E-state index contributed by atoms with van der Waals surface area (Å²) >= 11 is 0. The van der Waals surface area contributed by atoms with Gasteiger partial charge < -0.3 is 10.2 Å². The molecule has 1 aliphatic heterocycles. The van der Waals surface area contributed by atoms with Gasteiger partial charge in [0.15, 0.2) is 5.78 Å². The molecular formula is C17H20N4O. The third-order valence-electron chi connectivity index (χ3n) is 3.80. The maximum absolute atomic E-state index is 11.5. The minimum atomic E-state index is 0.0477. The van der Waals surface area contributed by atoms with E-state index in [0.29, 0.717) is 11.5 Å². The Balaban J connectivity index is 1.85. The van der Waals surface area contributed by atoms with Crippen molar-refractivity contribution in [3.05, 3.63) is 41.6 Å². The predicted octanol–water partition coefficient (Wildman–Crippen LogP) is 3.33. The van der Waals surface area contributed by atoms with Crippen LogP contribution in [0.4, 0.5) is 17.5 Å². The molecule has 2 aromatic rings. The Hall–Kier alpha value is -2.43. The molecule has 2 heterocycles. The number of benzene rings is 1. The molecule has 0 amide bonds. The summed E-state index contributed by atoms with van der Waals surface area (Å²) in [5.74, 6) is 1.59. The minimum Gasteiger partial charge on any atom is -0.356 e. The standard InChI is InChI=1S/C17H20N4O/c1-12-10-16(21-8-3-4-9-21)20-17(18-12)19-15-7-5-6-14(11-15)13(2)22/h5-7,10-11H,3-4,8-9H2,1-2H3,(H,18,19,20). The molecule has 0 bridgehead atoms. The zero-order chi connectivity index (χ0) is 15.5. The lowest BCUT2D eigenvalue weighted by Crippen LogP contribution is -2.19. The van der Waals surface area contributed by atoms with Crippen LogP contribution in [0.15, 0.2) is 30.3 Å². The van der Waals surface area contributed by atoms with Gasteiger partial charge in [0.25, 0.3) is 0 Å². The van der Waals surface area contributed by atoms with E-state index in [-0.39, 0.29) is 5.78 Å². The number of aryl methyl sites for hydroxylation is 1. The van der Waals surface area contributed by atoms with Crippen LogP contribution in [-0.4, -0.2) is 28.8 Å². The van der Waals surface area contributed by atoms with Gasteiger partial charge in [-0.3, -0.25) is 4.79 Å². The number of carbonyl (C=O) groups is 1. The predicted molar refractivity (Wildman–Crippen MR) is 87.9 cm³/mol. The van der Waals surface area contributed by atoms with E-state index in [1.54, 1.807) is 13.0 Å². The molecule has 114 valence electrons. The molecule has 22 heavy (non-hydrogen) atoms. The number of aromatic nitrogens is 2. The van der Waals surface area contributed by atoms with Crippen LogP contribution in [0.5, 0.6) is 0 Å². The van der Waals surface area contributed by atoms with Gasteiger partial charge in [-0.25, -0.2) is 4.98 Å². The summed E-state index contributed by atoms with van der Waals surface area (Å²) in [6, 6.07) is 9.41. The lowest BCUT2D eigenvalue weighted by molar-refractivity contribution is 0.101. The van der Waals surface area contributed by atoms with Gasteiger partial charge in [-0.15, -0.1) is 0 Å². The molecule has 0 unspecified atom stereocenters. The van der Waals surface area contributed by atoms with Gasteiger partial charge in [0.1, 0.15) is 5.82 Å². The molecule has 0 aliphatic carbocycles. The summed E-state index contributed by atoms with van der Waals surface area (Å²) in [7, 11) is 0. The number of Topliss-reactive ketones (excluding diaryl/α,β-unsaturated/α-hetero) is 1. The molecule has 1 fully saturated rings.